The lowest BCUT2D eigenvalue weighted by Crippen LogP contribution is -1.95. The molecule has 0 spiro atoms. The normalized spacial score (nSPS) is 12.3. The van der Waals surface area contributed by atoms with E-state index in [0.717, 1.165) is 27.8 Å². The Morgan fingerprint density at radius 2 is 0.976 bits per heavy atom. The van der Waals surface area contributed by atoms with Crippen LogP contribution in [0.25, 0.3) is 92.5 Å². The van der Waals surface area contributed by atoms with Gasteiger partial charge in [-0.25, -0.2) is 0 Å². The van der Waals surface area contributed by atoms with E-state index < -0.39 is 0 Å². The largest absolute Gasteiger partial charge is 0.454 e. The summed E-state index contributed by atoms with van der Waals surface area (Å²) in [6.07, 6.45) is 0. The third-order valence-corrected chi connectivity index (χ3v) is 9.11. The topological polar surface area (TPSA) is 18.1 Å². The van der Waals surface area contributed by atoms with Gasteiger partial charge < -0.3 is 8.98 Å². The molecule has 2 nitrogen and oxygen atoms in total. The molecule has 8 aromatic carbocycles. The lowest BCUT2D eigenvalue weighted by Gasteiger charge is -2.14. The Bertz CT molecular complexity index is 2740. The quantitative estimate of drug-likeness (QED) is 0.192. The number of fused-ring (bicyclic) bond motifs is 16. The summed E-state index contributed by atoms with van der Waals surface area (Å²) < 4.78 is 9.32. The minimum absolute atomic E-state index is 0.911. The summed E-state index contributed by atoms with van der Waals surface area (Å²) in [6.45, 7) is 0. The van der Waals surface area contributed by atoms with Crippen molar-refractivity contribution in [1.82, 2.24) is 4.57 Å². The second kappa shape index (κ2) is 7.99. The van der Waals surface area contributed by atoms with E-state index in [1.807, 2.05) is 0 Å². The maximum absolute atomic E-state index is 6.89. The molecule has 2 heteroatoms. The molecule has 2 heterocycles. The summed E-state index contributed by atoms with van der Waals surface area (Å²) >= 11 is 0. The van der Waals surface area contributed by atoms with Crippen LogP contribution < -0.4 is 0 Å². The maximum Gasteiger partial charge on any atom is 0.160 e. The highest BCUT2D eigenvalue weighted by molar-refractivity contribution is 6.44. The van der Waals surface area contributed by atoms with Crippen molar-refractivity contribution < 1.29 is 4.42 Å². The van der Waals surface area contributed by atoms with Crippen LogP contribution in [-0.2, 0) is 0 Å². The summed E-state index contributed by atoms with van der Waals surface area (Å²) in [6, 6.07) is 50.4. The smallest absolute Gasteiger partial charge is 0.160 e. The van der Waals surface area contributed by atoms with Crippen LogP contribution in [-0.4, -0.2) is 4.57 Å². The number of hydrogen-bond acceptors (Lipinski definition) is 1. The molecule has 194 valence electrons. The third kappa shape index (κ3) is 2.74. The fourth-order valence-corrected chi connectivity index (χ4v) is 7.41. The molecule has 10 rings (SSSR count). The van der Waals surface area contributed by atoms with E-state index in [-0.39, 0.29) is 0 Å². The minimum Gasteiger partial charge on any atom is -0.454 e. The first-order valence-corrected chi connectivity index (χ1v) is 14.5. The van der Waals surface area contributed by atoms with Crippen molar-refractivity contribution in [2.45, 2.75) is 0 Å². The van der Waals surface area contributed by atoms with E-state index in [9.17, 15) is 0 Å². The van der Waals surface area contributed by atoms with Gasteiger partial charge in [-0.1, -0.05) is 115 Å². The molecule has 0 aliphatic carbocycles. The van der Waals surface area contributed by atoms with Crippen molar-refractivity contribution in [3.05, 3.63) is 140 Å². The molecule has 0 aliphatic heterocycles. The number of aromatic nitrogens is 1. The summed E-state index contributed by atoms with van der Waals surface area (Å²) in [7, 11) is 0. The molecule has 0 atom stereocenters. The van der Waals surface area contributed by atoms with Crippen LogP contribution in [0, 0.1) is 0 Å². The standard InChI is InChI=1S/C40H23NO/c1-2-12-25-23-26(22-21-24(25)11-1)41-33-19-9-7-17-31(33)37-35-29-15-5-3-13-27(29)28-14-4-6-16-30(28)36(35)38-32-18-8-10-20-34(32)42-40(38)39(37)41/h1-23H. The molecule has 42 heavy (non-hydrogen) atoms. The Kier molecular flexibility index (Phi) is 4.21. The highest BCUT2D eigenvalue weighted by Crippen LogP contribution is 2.50. The predicted octanol–water partition coefficient (Wildman–Crippen LogP) is 11.3. The Labute approximate surface area is 240 Å². The average molecular weight is 534 g/mol. The van der Waals surface area contributed by atoms with E-state index in [0.29, 0.717) is 0 Å². The van der Waals surface area contributed by atoms with Crippen LogP contribution in [0.15, 0.2) is 144 Å². The maximum atomic E-state index is 6.89. The molecule has 0 fully saturated rings. The number of rotatable bonds is 1. The van der Waals surface area contributed by atoms with Gasteiger partial charge in [0.2, 0.25) is 0 Å². The molecule has 0 N–H and O–H groups in total. The molecule has 0 aliphatic rings. The van der Waals surface area contributed by atoms with Crippen LogP contribution in [0.1, 0.15) is 0 Å². The van der Waals surface area contributed by atoms with E-state index in [1.54, 1.807) is 0 Å². The van der Waals surface area contributed by atoms with Gasteiger partial charge >= 0.3 is 0 Å². The fraction of sp³-hybridized carbons (Fsp3) is 0. The summed E-state index contributed by atoms with van der Waals surface area (Å²) in [4.78, 5) is 0. The van der Waals surface area contributed by atoms with Gasteiger partial charge in [0.05, 0.1) is 11.0 Å². The number of benzene rings is 8. The number of para-hydroxylation sites is 2. The summed E-state index contributed by atoms with van der Waals surface area (Å²) in [5.41, 5.74) is 5.27. The van der Waals surface area contributed by atoms with E-state index in [2.05, 4.69) is 144 Å². The van der Waals surface area contributed by atoms with Gasteiger partial charge in [-0.3, -0.25) is 0 Å². The lowest BCUT2D eigenvalue weighted by molar-refractivity contribution is 0.671. The van der Waals surface area contributed by atoms with Gasteiger partial charge in [0.15, 0.2) is 5.58 Å². The molecular weight excluding hydrogens is 510 g/mol. The number of furan rings is 1. The molecule has 0 saturated heterocycles. The highest BCUT2D eigenvalue weighted by Gasteiger charge is 2.25. The molecule has 0 radical (unpaired) electrons. The van der Waals surface area contributed by atoms with E-state index >= 15 is 0 Å². The first-order valence-electron chi connectivity index (χ1n) is 14.5. The Balaban J connectivity index is 1.59. The van der Waals surface area contributed by atoms with Gasteiger partial charge in [-0.15, -0.1) is 0 Å². The van der Waals surface area contributed by atoms with Crippen molar-refractivity contribution in [3.63, 3.8) is 0 Å². The van der Waals surface area contributed by atoms with Crippen LogP contribution in [0.5, 0.6) is 0 Å². The van der Waals surface area contributed by atoms with Crippen molar-refractivity contribution in [3.8, 4) is 5.69 Å². The highest BCUT2D eigenvalue weighted by atomic mass is 16.3. The van der Waals surface area contributed by atoms with Gasteiger partial charge in [-0.2, -0.15) is 0 Å². The van der Waals surface area contributed by atoms with Gasteiger partial charge in [0.25, 0.3) is 0 Å². The molecule has 0 amide bonds. The van der Waals surface area contributed by atoms with Crippen molar-refractivity contribution in [2.75, 3.05) is 0 Å². The molecular formula is C40H23NO. The van der Waals surface area contributed by atoms with Crippen molar-refractivity contribution in [2.24, 2.45) is 0 Å². The zero-order chi connectivity index (χ0) is 27.4. The SMILES string of the molecule is c1ccc2cc(-n3c4ccccc4c4c5c6ccccc6c6ccccc6c5c5c6ccccc6oc5c43)ccc2c1. The van der Waals surface area contributed by atoms with Crippen molar-refractivity contribution in [1.29, 1.82) is 0 Å². The van der Waals surface area contributed by atoms with E-state index in [4.69, 9.17) is 4.42 Å². The van der Waals surface area contributed by atoms with Gasteiger partial charge in [0.1, 0.15) is 5.58 Å². The second-order valence-electron chi connectivity index (χ2n) is 11.3. The lowest BCUT2D eigenvalue weighted by atomic mass is 9.89. The first kappa shape index (κ1) is 22.1. The van der Waals surface area contributed by atoms with Crippen LogP contribution >= 0.6 is 0 Å². The van der Waals surface area contributed by atoms with Gasteiger partial charge in [-0.05, 0) is 56.6 Å². The first-order chi connectivity index (χ1) is 20.9. The molecule has 0 bridgehead atoms. The van der Waals surface area contributed by atoms with E-state index in [1.165, 1.54) is 64.8 Å². The number of nitrogens with zero attached hydrogens (tertiary/aromatic N) is 1. The predicted molar refractivity (Wildman–Crippen MR) is 178 cm³/mol. The van der Waals surface area contributed by atoms with Gasteiger partial charge in [0, 0.05) is 38.0 Å². The zero-order valence-electron chi connectivity index (χ0n) is 22.6. The minimum atomic E-state index is 0.911. The van der Waals surface area contributed by atoms with Crippen LogP contribution in [0.3, 0.4) is 0 Å². The Morgan fingerprint density at radius 1 is 0.405 bits per heavy atom. The molecule has 2 aromatic heterocycles. The summed E-state index contributed by atoms with van der Waals surface area (Å²) in [5, 5.41) is 14.9. The van der Waals surface area contributed by atoms with Crippen molar-refractivity contribution >= 4 is 86.8 Å². The monoisotopic (exact) mass is 533 g/mol. The molecule has 10 aromatic rings. The molecule has 0 unspecified atom stereocenters. The molecule has 0 saturated carbocycles. The summed E-state index contributed by atoms with van der Waals surface area (Å²) in [5.74, 6) is 0. The average Bonchev–Trinajstić information content (AvgIpc) is 3.61. The van der Waals surface area contributed by atoms with Crippen LogP contribution in [0.4, 0.5) is 0 Å². The zero-order valence-corrected chi connectivity index (χ0v) is 22.6. The fourth-order valence-electron chi connectivity index (χ4n) is 7.41. The van der Waals surface area contributed by atoms with Crippen LogP contribution in [0.2, 0.25) is 0 Å². The second-order valence-corrected chi connectivity index (χ2v) is 11.3. The Morgan fingerprint density at radius 3 is 1.74 bits per heavy atom. The number of hydrogen-bond donors (Lipinski definition) is 0. The third-order valence-electron chi connectivity index (χ3n) is 9.11. The Hall–Kier alpha value is -5.60.